The molecule has 0 fully saturated rings. The van der Waals surface area contributed by atoms with Crippen LogP contribution in [0, 0.1) is 6.92 Å². The van der Waals surface area contributed by atoms with Gasteiger partial charge in [-0.05, 0) is 36.4 Å². The number of para-hydroxylation sites is 1. The van der Waals surface area contributed by atoms with E-state index < -0.39 is 0 Å². The number of carbonyl (C=O) groups excluding carboxylic acids is 2. The normalized spacial score (nSPS) is 15.4. The Hall–Kier alpha value is -3.36. The Balaban J connectivity index is 1.79. The van der Waals surface area contributed by atoms with E-state index in [0.717, 1.165) is 39.4 Å². The molecule has 1 N–H and O–H groups in total. The number of nitrogens with zero attached hydrogens (tertiary/aromatic N) is 3. The minimum Gasteiger partial charge on any atom is -0.355 e. The molecule has 0 unspecified atom stereocenters. The fraction of sp³-hybridized carbons (Fsp3) is 0.250. The Kier molecular flexibility index (Phi) is 7.25. The lowest BCUT2D eigenvalue weighted by atomic mass is 10.0. The van der Waals surface area contributed by atoms with Gasteiger partial charge in [-0.1, -0.05) is 61.5 Å². The van der Waals surface area contributed by atoms with Crippen molar-refractivity contribution in [3.8, 4) is 16.9 Å². The maximum atomic E-state index is 13.6. The van der Waals surface area contributed by atoms with Crippen molar-refractivity contribution in [2.24, 2.45) is 0 Å². The Morgan fingerprint density at radius 2 is 1.86 bits per heavy atom. The van der Waals surface area contributed by atoms with Gasteiger partial charge in [-0.15, -0.1) is 23.1 Å². The molecule has 1 atom stereocenters. The largest absolute Gasteiger partial charge is 0.355 e. The first kappa shape index (κ1) is 24.3. The number of rotatable bonds is 7. The van der Waals surface area contributed by atoms with Gasteiger partial charge in [-0.3, -0.25) is 14.5 Å². The number of thiophene rings is 1. The van der Waals surface area contributed by atoms with Gasteiger partial charge in [-0.2, -0.15) is 5.10 Å². The molecule has 6 nitrogen and oxygen atoms in total. The third-order valence-electron chi connectivity index (χ3n) is 6.16. The zero-order valence-electron chi connectivity index (χ0n) is 20.3. The Morgan fingerprint density at radius 1 is 1.08 bits per heavy atom. The van der Waals surface area contributed by atoms with Crippen molar-refractivity contribution >= 4 is 40.7 Å². The summed E-state index contributed by atoms with van der Waals surface area (Å²) < 4.78 is 1.87. The van der Waals surface area contributed by atoms with Crippen LogP contribution in [0.5, 0.6) is 0 Å². The van der Waals surface area contributed by atoms with Gasteiger partial charge >= 0.3 is 0 Å². The molecular formula is C28H28N4O2S2. The van der Waals surface area contributed by atoms with Gasteiger partial charge in [0.05, 0.1) is 22.4 Å². The summed E-state index contributed by atoms with van der Waals surface area (Å²) in [6, 6.07) is 22.2. The van der Waals surface area contributed by atoms with Crippen LogP contribution >= 0.6 is 23.1 Å². The molecule has 2 amide bonds. The number of thioether (sulfide) groups is 1. The number of anilines is 1. The Morgan fingerprint density at radius 3 is 2.58 bits per heavy atom. The lowest BCUT2D eigenvalue weighted by molar-refractivity contribution is -0.122. The summed E-state index contributed by atoms with van der Waals surface area (Å²) in [4.78, 5) is 29.3. The van der Waals surface area contributed by atoms with Crippen molar-refractivity contribution in [2.75, 3.05) is 23.7 Å². The van der Waals surface area contributed by atoms with Gasteiger partial charge in [-0.25, -0.2) is 4.68 Å². The van der Waals surface area contributed by atoms with Crippen molar-refractivity contribution in [1.82, 2.24) is 15.1 Å². The number of hydrogen-bond donors (Lipinski definition) is 1. The zero-order chi connectivity index (χ0) is 25.1. The van der Waals surface area contributed by atoms with E-state index in [1.807, 2.05) is 79.2 Å². The molecule has 0 radical (unpaired) electrons. The van der Waals surface area contributed by atoms with Crippen LogP contribution in [0.3, 0.4) is 0 Å². The summed E-state index contributed by atoms with van der Waals surface area (Å²) in [5.74, 6) is 0.680. The monoisotopic (exact) mass is 516 g/mol. The molecule has 4 aromatic rings. The van der Waals surface area contributed by atoms with Crippen LogP contribution in [0.2, 0.25) is 0 Å². The zero-order valence-corrected chi connectivity index (χ0v) is 21.9. The average Bonchev–Trinajstić information content (AvgIpc) is 3.53. The first-order valence-corrected chi connectivity index (χ1v) is 14.0. The van der Waals surface area contributed by atoms with Crippen LogP contribution in [0.25, 0.3) is 16.9 Å². The van der Waals surface area contributed by atoms with Crippen molar-refractivity contribution in [1.29, 1.82) is 0 Å². The number of benzene rings is 2. The number of amides is 2. The second-order valence-electron chi connectivity index (χ2n) is 8.69. The van der Waals surface area contributed by atoms with Gasteiger partial charge in [0, 0.05) is 22.5 Å². The third-order valence-corrected chi connectivity index (χ3v) is 8.48. The van der Waals surface area contributed by atoms with Crippen LogP contribution in [0.15, 0.2) is 72.1 Å². The highest BCUT2D eigenvalue weighted by Crippen LogP contribution is 2.49. The maximum Gasteiger partial charge on any atom is 0.240 e. The number of aromatic nitrogens is 2. The second-order valence-corrected chi connectivity index (χ2v) is 10.8. The first-order valence-electron chi connectivity index (χ1n) is 12.0. The molecule has 36 heavy (non-hydrogen) atoms. The SMILES string of the molecule is CCCNC(=O)CN1C(=O)CS[C@@H](c2cccs2)c2c(-c3ccccc3)nn(-c3ccccc3C)c21. The van der Waals surface area contributed by atoms with E-state index in [2.05, 4.69) is 16.8 Å². The predicted molar refractivity (Wildman–Crippen MR) is 148 cm³/mol. The molecule has 1 aliphatic rings. The molecule has 0 aliphatic carbocycles. The molecular weight excluding hydrogens is 488 g/mol. The number of carbonyl (C=O) groups is 2. The fourth-order valence-electron chi connectivity index (χ4n) is 4.43. The molecule has 2 aromatic carbocycles. The molecule has 184 valence electrons. The van der Waals surface area contributed by atoms with Crippen molar-refractivity contribution in [3.63, 3.8) is 0 Å². The van der Waals surface area contributed by atoms with Crippen molar-refractivity contribution in [2.45, 2.75) is 25.5 Å². The molecule has 5 rings (SSSR count). The minimum absolute atomic E-state index is 0.0463. The van der Waals surface area contributed by atoms with E-state index >= 15 is 0 Å². The van der Waals surface area contributed by atoms with Crippen LogP contribution in [-0.2, 0) is 9.59 Å². The Bertz CT molecular complexity index is 1370. The number of fused-ring (bicyclic) bond motifs is 1. The smallest absolute Gasteiger partial charge is 0.240 e. The average molecular weight is 517 g/mol. The highest BCUT2D eigenvalue weighted by atomic mass is 32.2. The van der Waals surface area contributed by atoms with Crippen molar-refractivity contribution in [3.05, 3.63) is 88.1 Å². The third kappa shape index (κ3) is 4.70. The van der Waals surface area contributed by atoms with Gasteiger partial charge in [0.2, 0.25) is 11.8 Å². The minimum atomic E-state index is -0.172. The summed E-state index contributed by atoms with van der Waals surface area (Å²) in [5.41, 5.74) is 4.70. The summed E-state index contributed by atoms with van der Waals surface area (Å²) in [7, 11) is 0. The van der Waals surface area contributed by atoms with Gasteiger partial charge in [0.15, 0.2) is 0 Å². The van der Waals surface area contributed by atoms with Gasteiger partial charge in [0.25, 0.3) is 0 Å². The van der Waals surface area contributed by atoms with E-state index in [1.165, 1.54) is 0 Å². The van der Waals surface area contributed by atoms with Crippen molar-refractivity contribution < 1.29 is 9.59 Å². The highest BCUT2D eigenvalue weighted by Gasteiger charge is 2.38. The van der Waals surface area contributed by atoms with Crippen LogP contribution in [0.1, 0.15) is 34.6 Å². The molecule has 2 aromatic heterocycles. The van der Waals surface area contributed by atoms with Gasteiger partial charge in [0.1, 0.15) is 12.4 Å². The van der Waals surface area contributed by atoms with Crippen LogP contribution in [0.4, 0.5) is 5.82 Å². The number of hydrogen-bond acceptors (Lipinski definition) is 5. The molecule has 0 bridgehead atoms. The summed E-state index contributed by atoms with van der Waals surface area (Å²) in [6.07, 6.45) is 0.834. The summed E-state index contributed by atoms with van der Waals surface area (Å²) in [5, 5.41) is 10.0. The Labute approximate surface area is 219 Å². The highest BCUT2D eigenvalue weighted by molar-refractivity contribution is 8.00. The first-order chi connectivity index (χ1) is 17.6. The van der Waals surface area contributed by atoms with E-state index in [9.17, 15) is 9.59 Å². The molecule has 0 spiro atoms. The fourth-order valence-corrected chi connectivity index (χ4v) is 6.60. The molecule has 0 saturated heterocycles. The number of aryl methyl sites for hydroxylation is 1. The molecule has 8 heteroatoms. The second kappa shape index (κ2) is 10.7. The van der Waals surface area contributed by atoms with Crippen LogP contribution in [-0.4, -0.2) is 40.4 Å². The van der Waals surface area contributed by atoms with E-state index in [4.69, 9.17) is 5.10 Å². The lowest BCUT2D eigenvalue weighted by Crippen LogP contribution is -2.42. The predicted octanol–water partition coefficient (Wildman–Crippen LogP) is 5.60. The standard InChI is InChI=1S/C28H28N4O2S2/c1-3-15-29-23(33)17-31-24(34)18-36-27(22-14-9-16-35-22)25-26(20-11-5-4-6-12-20)30-32(28(25)31)21-13-8-7-10-19(21)2/h4-14,16,27H,3,15,17-18H2,1-2H3,(H,29,33)/t27-/m0/s1. The topological polar surface area (TPSA) is 67.2 Å². The maximum absolute atomic E-state index is 13.6. The molecule has 1 aliphatic heterocycles. The molecule has 3 heterocycles. The number of nitrogens with one attached hydrogen (secondary N) is 1. The quantitative estimate of drug-likeness (QED) is 0.347. The van der Waals surface area contributed by atoms with E-state index in [-0.39, 0.29) is 29.4 Å². The van der Waals surface area contributed by atoms with E-state index in [0.29, 0.717) is 12.4 Å². The summed E-state index contributed by atoms with van der Waals surface area (Å²) in [6.45, 7) is 4.58. The summed E-state index contributed by atoms with van der Waals surface area (Å²) >= 11 is 3.27. The molecule has 0 saturated carbocycles. The van der Waals surface area contributed by atoms with E-state index in [1.54, 1.807) is 28.0 Å². The van der Waals surface area contributed by atoms with Crippen LogP contribution < -0.4 is 10.2 Å². The lowest BCUT2D eigenvalue weighted by Gasteiger charge is -2.23. The van der Waals surface area contributed by atoms with Gasteiger partial charge < -0.3 is 5.32 Å².